The van der Waals surface area contributed by atoms with Crippen molar-refractivity contribution in [3.05, 3.63) is 101 Å². The van der Waals surface area contributed by atoms with Gasteiger partial charge in [-0.05, 0) is 17.5 Å². The maximum atomic E-state index is 10.9. The van der Waals surface area contributed by atoms with Gasteiger partial charge >= 0.3 is 0 Å². The lowest BCUT2D eigenvalue weighted by Crippen LogP contribution is -2.28. The first-order chi connectivity index (χ1) is 11.7. The molecule has 0 aliphatic heterocycles. The fourth-order valence-corrected chi connectivity index (χ4v) is 2.76. The van der Waals surface area contributed by atoms with Crippen molar-refractivity contribution in [3.8, 4) is 0 Å². The molecule has 4 nitrogen and oxygen atoms in total. The second kappa shape index (κ2) is 8.79. The number of benzene rings is 2. The number of nitro benzene ring substituents is 1. The number of nitro groups is 1. The molecule has 24 heavy (non-hydrogen) atoms. The number of rotatable bonds is 9. The van der Waals surface area contributed by atoms with E-state index in [9.17, 15) is 10.1 Å². The first-order valence-electron chi connectivity index (χ1n) is 7.89. The van der Waals surface area contributed by atoms with E-state index in [0.29, 0.717) is 0 Å². The highest BCUT2D eigenvalue weighted by molar-refractivity contribution is 5.34. The van der Waals surface area contributed by atoms with Crippen LogP contribution in [-0.2, 0) is 6.54 Å². The number of non-ortho nitro benzene ring substituents is 1. The van der Waals surface area contributed by atoms with Crippen molar-refractivity contribution in [1.82, 2.24) is 4.90 Å². The van der Waals surface area contributed by atoms with E-state index in [1.54, 1.807) is 12.1 Å². The van der Waals surface area contributed by atoms with Crippen LogP contribution in [0, 0.1) is 10.1 Å². The Labute approximate surface area is 142 Å². The standard InChI is InChI=1S/C20H22N2O2/c1-3-8-20(18-11-13-19(14-12-18)22(23)24)21(15-4-2)16-17-9-6-5-7-10-17/h3-7,9-14,20H,1-2,8,15-16H2. The largest absolute Gasteiger partial charge is 0.288 e. The van der Waals surface area contributed by atoms with Crippen LogP contribution in [0.1, 0.15) is 23.6 Å². The molecule has 1 unspecified atom stereocenters. The first-order valence-corrected chi connectivity index (χ1v) is 7.89. The summed E-state index contributed by atoms with van der Waals surface area (Å²) >= 11 is 0. The highest BCUT2D eigenvalue weighted by Gasteiger charge is 2.19. The minimum absolute atomic E-state index is 0.0986. The topological polar surface area (TPSA) is 46.4 Å². The van der Waals surface area contributed by atoms with E-state index in [-0.39, 0.29) is 16.7 Å². The average Bonchev–Trinajstić information content (AvgIpc) is 2.60. The van der Waals surface area contributed by atoms with E-state index in [1.165, 1.54) is 5.56 Å². The molecule has 124 valence electrons. The van der Waals surface area contributed by atoms with E-state index in [4.69, 9.17) is 0 Å². The lowest BCUT2D eigenvalue weighted by Gasteiger charge is -2.30. The van der Waals surface area contributed by atoms with Gasteiger partial charge in [-0.2, -0.15) is 0 Å². The molecular formula is C20H22N2O2. The summed E-state index contributed by atoms with van der Waals surface area (Å²) in [5.74, 6) is 0. The molecule has 0 aliphatic carbocycles. The van der Waals surface area contributed by atoms with Gasteiger partial charge in [-0.3, -0.25) is 15.0 Å². The van der Waals surface area contributed by atoms with Crippen molar-refractivity contribution in [2.45, 2.75) is 19.0 Å². The molecule has 0 aliphatic rings. The van der Waals surface area contributed by atoms with E-state index in [1.807, 2.05) is 42.5 Å². The Kier molecular flexibility index (Phi) is 6.46. The Bertz CT molecular complexity index is 681. The zero-order chi connectivity index (χ0) is 17.4. The second-order valence-electron chi connectivity index (χ2n) is 5.59. The molecule has 1 atom stereocenters. The van der Waals surface area contributed by atoms with Gasteiger partial charge in [0, 0.05) is 31.3 Å². The van der Waals surface area contributed by atoms with Crippen LogP contribution >= 0.6 is 0 Å². The summed E-state index contributed by atoms with van der Waals surface area (Å²) in [5, 5.41) is 10.9. The Morgan fingerprint density at radius 1 is 1.04 bits per heavy atom. The number of hydrogen-bond acceptors (Lipinski definition) is 3. The van der Waals surface area contributed by atoms with Crippen molar-refractivity contribution in [1.29, 1.82) is 0 Å². The molecule has 0 saturated heterocycles. The number of hydrogen-bond donors (Lipinski definition) is 0. The molecule has 4 heteroatoms. The molecule has 0 heterocycles. The van der Waals surface area contributed by atoms with Gasteiger partial charge in [0.1, 0.15) is 0 Å². The maximum Gasteiger partial charge on any atom is 0.269 e. The van der Waals surface area contributed by atoms with Crippen LogP contribution in [-0.4, -0.2) is 16.4 Å². The first kappa shape index (κ1) is 17.6. The number of nitrogens with zero attached hydrogens (tertiary/aromatic N) is 2. The van der Waals surface area contributed by atoms with Gasteiger partial charge in [0.15, 0.2) is 0 Å². The zero-order valence-electron chi connectivity index (χ0n) is 13.7. The van der Waals surface area contributed by atoms with Crippen molar-refractivity contribution in [3.63, 3.8) is 0 Å². The predicted octanol–water partition coefficient (Wildman–Crippen LogP) is 4.90. The van der Waals surface area contributed by atoms with Crippen molar-refractivity contribution < 1.29 is 4.92 Å². The van der Waals surface area contributed by atoms with Crippen LogP contribution in [0.3, 0.4) is 0 Å². The lowest BCUT2D eigenvalue weighted by atomic mass is 10.0. The van der Waals surface area contributed by atoms with Gasteiger partial charge < -0.3 is 0 Å². The second-order valence-corrected chi connectivity index (χ2v) is 5.59. The summed E-state index contributed by atoms with van der Waals surface area (Å²) < 4.78 is 0. The van der Waals surface area contributed by atoms with Crippen LogP contribution in [0.4, 0.5) is 5.69 Å². The minimum Gasteiger partial charge on any atom is -0.288 e. The van der Waals surface area contributed by atoms with Crippen LogP contribution in [0.25, 0.3) is 0 Å². The molecule has 2 rings (SSSR count). The summed E-state index contributed by atoms with van der Waals surface area (Å²) in [6, 6.07) is 17.1. The third kappa shape index (κ3) is 4.64. The smallest absolute Gasteiger partial charge is 0.269 e. The molecule has 0 N–H and O–H groups in total. The van der Waals surface area contributed by atoms with Gasteiger partial charge in [0.2, 0.25) is 0 Å². The normalized spacial score (nSPS) is 11.9. The minimum atomic E-state index is -0.377. The Hall–Kier alpha value is -2.72. The Balaban J connectivity index is 2.28. The van der Waals surface area contributed by atoms with Gasteiger partial charge in [0.05, 0.1) is 4.92 Å². The van der Waals surface area contributed by atoms with E-state index in [0.717, 1.165) is 25.1 Å². The molecule has 2 aromatic rings. The van der Waals surface area contributed by atoms with Crippen molar-refractivity contribution in [2.24, 2.45) is 0 Å². The lowest BCUT2D eigenvalue weighted by molar-refractivity contribution is -0.384. The summed E-state index contributed by atoms with van der Waals surface area (Å²) in [4.78, 5) is 12.8. The maximum absolute atomic E-state index is 10.9. The molecular weight excluding hydrogens is 300 g/mol. The monoisotopic (exact) mass is 322 g/mol. The Morgan fingerprint density at radius 3 is 2.25 bits per heavy atom. The zero-order valence-corrected chi connectivity index (χ0v) is 13.7. The summed E-state index contributed by atoms with van der Waals surface area (Å²) in [7, 11) is 0. The molecule has 0 spiro atoms. The summed E-state index contributed by atoms with van der Waals surface area (Å²) in [6.07, 6.45) is 4.52. The quantitative estimate of drug-likeness (QED) is 0.375. The fraction of sp³-hybridized carbons (Fsp3) is 0.200. The molecule has 0 amide bonds. The third-order valence-electron chi connectivity index (χ3n) is 3.91. The Morgan fingerprint density at radius 2 is 1.71 bits per heavy atom. The van der Waals surface area contributed by atoms with Gasteiger partial charge in [-0.25, -0.2) is 0 Å². The van der Waals surface area contributed by atoms with Gasteiger partial charge in [-0.15, -0.1) is 13.2 Å². The highest BCUT2D eigenvalue weighted by Crippen LogP contribution is 2.28. The molecule has 0 saturated carbocycles. The molecule has 0 fully saturated rings. The highest BCUT2D eigenvalue weighted by atomic mass is 16.6. The van der Waals surface area contributed by atoms with E-state index >= 15 is 0 Å². The van der Waals surface area contributed by atoms with Gasteiger partial charge in [0.25, 0.3) is 5.69 Å². The SMILES string of the molecule is C=CCC(c1ccc([N+](=O)[O-])cc1)N(CC=C)Cc1ccccc1. The summed E-state index contributed by atoms with van der Waals surface area (Å²) in [5.41, 5.74) is 2.36. The van der Waals surface area contributed by atoms with Crippen LogP contribution < -0.4 is 0 Å². The molecule has 0 radical (unpaired) electrons. The van der Waals surface area contributed by atoms with Crippen LogP contribution in [0.5, 0.6) is 0 Å². The predicted molar refractivity (Wildman–Crippen MR) is 97.7 cm³/mol. The van der Waals surface area contributed by atoms with Crippen LogP contribution in [0.2, 0.25) is 0 Å². The van der Waals surface area contributed by atoms with Gasteiger partial charge in [-0.1, -0.05) is 54.6 Å². The van der Waals surface area contributed by atoms with Crippen molar-refractivity contribution >= 4 is 5.69 Å². The molecule has 0 aromatic heterocycles. The summed E-state index contributed by atoms with van der Waals surface area (Å²) in [6.45, 7) is 9.23. The van der Waals surface area contributed by atoms with E-state index in [2.05, 4.69) is 30.2 Å². The molecule has 2 aromatic carbocycles. The fourth-order valence-electron chi connectivity index (χ4n) is 2.76. The molecule has 0 bridgehead atoms. The van der Waals surface area contributed by atoms with Crippen LogP contribution in [0.15, 0.2) is 79.9 Å². The third-order valence-corrected chi connectivity index (χ3v) is 3.91. The van der Waals surface area contributed by atoms with E-state index < -0.39 is 0 Å². The van der Waals surface area contributed by atoms with Crippen molar-refractivity contribution in [2.75, 3.05) is 6.54 Å². The average molecular weight is 322 g/mol.